The lowest BCUT2D eigenvalue weighted by Gasteiger charge is -2.25. The Balaban J connectivity index is 1.56. The first-order valence-corrected chi connectivity index (χ1v) is 11.7. The van der Waals surface area contributed by atoms with Gasteiger partial charge in [-0.3, -0.25) is 9.58 Å². The topological polar surface area (TPSA) is 105 Å². The molecule has 0 aromatic carbocycles. The average Bonchev–Trinajstić information content (AvgIpc) is 3.23. The molecule has 9 nitrogen and oxygen atoms in total. The normalized spacial score (nSPS) is 17.8. The number of rotatable bonds is 9. The second-order valence-electron chi connectivity index (χ2n) is 7.11. The molecule has 0 radical (unpaired) electrons. The molecule has 1 saturated heterocycles. The number of aromatic nitrogens is 4. The van der Waals surface area contributed by atoms with Crippen molar-refractivity contribution in [2.75, 3.05) is 42.3 Å². The predicted octanol–water partition coefficient (Wildman–Crippen LogP) is 1.92. The molecule has 1 unspecified atom stereocenters. The van der Waals surface area contributed by atoms with Crippen molar-refractivity contribution in [3.8, 4) is 0 Å². The van der Waals surface area contributed by atoms with Crippen LogP contribution < -0.4 is 10.6 Å². The summed E-state index contributed by atoms with van der Waals surface area (Å²) in [5, 5.41) is 11.0. The Bertz CT molecular complexity index is 903. The highest BCUT2D eigenvalue weighted by molar-refractivity contribution is 7.90. The third-order valence-electron chi connectivity index (χ3n) is 4.67. The van der Waals surface area contributed by atoms with Crippen molar-refractivity contribution >= 4 is 38.9 Å². The van der Waals surface area contributed by atoms with E-state index in [-0.39, 0.29) is 5.75 Å². The molecule has 1 aliphatic rings. The molecule has 0 amide bonds. The maximum absolute atomic E-state index is 11.3. The number of hydrogen-bond acceptors (Lipinski definition) is 8. The van der Waals surface area contributed by atoms with Gasteiger partial charge in [0, 0.05) is 32.1 Å². The van der Waals surface area contributed by atoms with Crippen LogP contribution >= 0.6 is 11.6 Å². The Morgan fingerprint density at radius 3 is 2.89 bits per heavy atom. The molecule has 1 atom stereocenters. The van der Waals surface area contributed by atoms with Crippen LogP contribution in [0.2, 0.25) is 5.02 Å². The summed E-state index contributed by atoms with van der Waals surface area (Å²) >= 11 is 6.25. The molecule has 3 rings (SSSR count). The molecular formula is C17H26ClN7O2S. The highest BCUT2D eigenvalue weighted by Gasteiger charge is 2.24. The Morgan fingerprint density at radius 2 is 2.18 bits per heavy atom. The Hall–Kier alpha value is -1.91. The lowest BCUT2D eigenvalue weighted by Crippen LogP contribution is -2.36. The van der Waals surface area contributed by atoms with Gasteiger partial charge in [0.1, 0.15) is 14.9 Å². The fraction of sp³-hybridized carbons (Fsp3) is 0.588. The quantitative estimate of drug-likeness (QED) is 0.625. The van der Waals surface area contributed by atoms with E-state index in [0.29, 0.717) is 35.8 Å². The molecule has 2 N–H and O–H groups in total. The van der Waals surface area contributed by atoms with Gasteiger partial charge in [-0.25, -0.2) is 13.4 Å². The van der Waals surface area contributed by atoms with Crippen molar-refractivity contribution in [1.82, 2.24) is 24.6 Å². The van der Waals surface area contributed by atoms with Gasteiger partial charge in [-0.2, -0.15) is 10.1 Å². The molecule has 2 aromatic heterocycles. The average molecular weight is 428 g/mol. The number of hydrogen-bond donors (Lipinski definition) is 2. The fourth-order valence-electron chi connectivity index (χ4n) is 3.33. The van der Waals surface area contributed by atoms with Crippen molar-refractivity contribution in [2.45, 2.75) is 25.3 Å². The highest BCUT2D eigenvalue weighted by atomic mass is 35.5. The minimum atomic E-state index is -2.91. The number of halogens is 1. The zero-order valence-corrected chi connectivity index (χ0v) is 17.7. The smallest absolute Gasteiger partial charge is 0.229 e. The first kappa shape index (κ1) is 20.8. The van der Waals surface area contributed by atoms with E-state index in [9.17, 15) is 8.42 Å². The molecule has 3 heterocycles. The number of aryl methyl sites for hydroxylation is 1. The van der Waals surface area contributed by atoms with Crippen LogP contribution in [0.15, 0.2) is 18.6 Å². The number of sulfone groups is 1. The molecular weight excluding hydrogens is 402 g/mol. The van der Waals surface area contributed by atoms with Gasteiger partial charge in [0.25, 0.3) is 0 Å². The molecule has 0 saturated carbocycles. The third kappa shape index (κ3) is 6.05. The van der Waals surface area contributed by atoms with E-state index >= 15 is 0 Å². The second kappa shape index (κ2) is 9.06. The van der Waals surface area contributed by atoms with Gasteiger partial charge in [0.15, 0.2) is 5.82 Å². The maximum atomic E-state index is 11.3. The Morgan fingerprint density at radius 1 is 1.36 bits per heavy atom. The van der Waals surface area contributed by atoms with Crippen LogP contribution in [0.4, 0.5) is 17.5 Å². The zero-order valence-electron chi connectivity index (χ0n) is 16.1. The van der Waals surface area contributed by atoms with E-state index in [2.05, 4.69) is 30.6 Å². The van der Waals surface area contributed by atoms with Crippen LogP contribution in [0.25, 0.3) is 0 Å². The lowest BCUT2D eigenvalue weighted by molar-refractivity contribution is 0.263. The summed E-state index contributed by atoms with van der Waals surface area (Å²) in [5.74, 6) is 1.24. The summed E-state index contributed by atoms with van der Waals surface area (Å²) in [6, 6.07) is 0.334. The largest absolute Gasteiger partial charge is 0.367 e. The highest BCUT2D eigenvalue weighted by Crippen LogP contribution is 2.23. The van der Waals surface area contributed by atoms with E-state index in [1.165, 1.54) is 6.26 Å². The monoisotopic (exact) mass is 427 g/mol. The standard InChI is InChI=1S/C17H26ClN7O2S/c1-24-12-13(9-21-24)22-17-20-11-15(18)16(23-17)19-10-14-5-3-6-25(14)7-4-8-28(2,26)27/h9,11-12,14H,3-8,10H2,1-2H3,(H2,19,20,22,23). The molecule has 154 valence electrons. The van der Waals surface area contributed by atoms with Crippen LogP contribution in [-0.2, 0) is 16.9 Å². The van der Waals surface area contributed by atoms with Gasteiger partial charge in [-0.05, 0) is 32.4 Å². The number of nitrogens with zero attached hydrogens (tertiary/aromatic N) is 5. The molecule has 11 heteroatoms. The van der Waals surface area contributed by atoms with Crippen molar-refractivity contribution in [2.24, 2.45) is 7.05 Å². The minimum Gasteiger partial charge on any atom is -0.367 e. The first-order chi connectivity index (χ1) is 13.3. The van der Waals surface area contributed by atoms with Gasteiger partial charge in [-0.1, -0.05) is 11.6 Å². The summed E-state index contributed by atoms with van der Waals surface area (Å²) in [5.41, 5.74) is 0.795. The van der Waals surface area contributed by atoms with Crippen molar-refractivity contribution in [3.63, 3.8) is 0 Å². The maximum Gasteiger partial charge on any atom is 0.229 e. The van der Waals surface area contributed by atoms with Crippen LogP contribution in [0, 0.1) is 0 Å². The van der Waals surface area contributed by atoms with Gasteiger partial charge in [0.2, 0.25) is 5.95 Å². The van der Waals surface area contributed by atoms with Crippen molar-refractivity contribution in [1.29, 1.82) is 0 Å². The van der Waals surface area contributed by atoms with E-state index < -0.39 is 9.84 Å². The first-order valence-electron chi connectivity index (χ1n) is 9.24. The summed E-state index contributed by atoms with van der Waals surface area (Å²) < 4.78 is 24.3. The van der Waals surface area contributed by atoms with Gasteiger partial charge >= 0.3 is 0 Å². The molecule has 2 aromatic rings. The van der Waals surface area contributed by atoms with Crippen molar-refractivity contribution in [3.05, 3.63) is 23.6 Å². The summed E-state index contributed by atoms with van der Waals surface area (Å²) in [6.45, 7) is 2.47. The zero-order chi connectivity index (χ0) is 20.1. The Labute approximate surface area is 170 Å². The van der Waals surface area contributed by atoms with E-state index in [4.69, 9.17) is 11.6 Å². The van der Waals surface area contributed by atoms with Crippen LogP contribution in [0.5, 0.6) is 0 Å². The predicted molar refractivity (Wildman–Crippen MR) is 111 cm³/mol. The SMILES string of the molecule is Cn1cc(Nc2ncc(Cl)c(NCC3CCCN3CCCS(C)(=O)=O)n2)cn1. The van der Waals surface area contributed by atoms with E-state index in [1.54, 1.807) is 17.1 Å². The van der Waals surface area contributed by atoms with Crippen LogP contribution in [-0.4, -0.2) is 70.8 Å². The fourth-order valence-corrected chi connectivity index (χ4v) is 4.14. The molecule has 1 fully saturated rings. The summed E-state index contributed by atoms with van der Waals surface area (Å²) in [6.07, 6.45) is 9.20. The number of anilines is 3. The minimum absolute atomic E-state index is 0.227. The van der Waals surface area contributed by atoms with Crippen LogP contribution in [0.1, 0.15) is 19.3 Å². The van der Waals surface area contributed by atoms with E-state index in [0.717, 1.165) is 31.6 Å². The van der Waals surface area contributed by atoms with Crippen molar-refractivity contribution < 1.29 is 8.42 Å². The Kier molecular flexibility index (Phi) is 6.73. The third-order valence-corrected chi connectivity index (χ3v) is 5.98. The van der Waals surface area contributed by atoms with Gasteiger partial charge < -0.3 is 10.6 Å². The lowest BCUT2D eigenvalue weighted by atomic mass is 10.2. The summed E-state index contributed by atoms with van der Waals surface area (Å²) in [7, 11) is -1.08. The second-order valence-corrected chi connectivity index (χ2v) is 9.78. The summed E-state index contributed by atoms with van der Waals surface area (Å²) in [4.78, 5) is 11.0. The molecule has 0 bridgehead atoms. The van der Waals surface area contributed by atoms with Gasteiger partial charge in [-0.15, -0.1) is 0 Å². The number of likely N-dealkylation sites (tertiary alicyclic amines) is 1. The van der Waals surface area contributed by atoms with Gasteiger partial charge in [0.05, 0.1) is 23.8 Å². The molecule has 0 aliphatic carbocycles. The molecule has 0 spiro atoms. The van der Waals surface area contributed by atoms with Crippen LogP contribution in [0.3, 0.4) is 0 Å². The van der Waals surface area contributed by atoms with E-state index in [1.807, 2.05) is 13.2 Å². The molecule has 1 aliphatic heterocycles. The number of nitrogens with one attached hydrogen (secondary N) is 2. The molecule has 28 heavy (non-hydrogen) atoms.